The molecule has 2 rings (SSSR count). The number of anilines is 1. The molecule has 0 bridgehead atoms. The van der Waals surface area contributed by atoms with E-state index < -0.39 is 12.0 Å². The van der Waals surface area contributed by atoms with Crippen LogP contribution in [0.3, 0.4) is 0 Å². The summed E-state index contributed by atoms with van der Waals surface area (Å²) in [6.07, 6.45) is 0. The lowest BCUT2D eigenvalue weighted by molar-refractivity contribution is -0.141. The molecule has 1 unspecified atom stereocenters. The van der Waals surface area contributed by atoms with Crippen LogP contribution < -0.4 is 4.90 Å². The van der Waals surface area contributed by atoms with Gasteiger partial charge < -0.3 is 19.6 Å². The molecule has 0 aromatic heterocycles. The maximum atomic E-state index is 12.2. The van der Waals surface area contributed by atoms with Gasteiger partial charge in [-0.25, -0.2) is 4.79 Å². The average molecular weight is 292 g/mol. The van der Waals surface area contributed by atoms with Crippen LogP contribution >= 0.6 is 0 Å². The lowest BCUT2D eigenvalue weighted by Gasteiger charge is -2.29. The Balaban J connectivity index is 2.07. The largest absolute Gasteiger partial charge is 0.480 e. The standard InChI is InChI=1S/C15H20N2O4/c1-11(15(19)20)16(2)14(18)12-3-5-13(6-4-12)17-7-9-21-10-8-17/h3-6,11H,7-10H2,1-2H3,(H,19,20). The Morgan fingerprint density at radius 2 is 1.81 bits per heavy atom. The van der Waals surface area contributed by atoms with Crippen LogP contribution in [0.25, 0.3) is 0 Å². The summed E-state index contributed by atoms with van der Waals surface area (Å²) in [5, 5.41) is 8.95. The smallest absolute Gasteiger partial charge is 0.326 e. The summed E-state index contributed by atoms with van der Waals surface area (Å²) < 4.78 is 5.31. The monoisotopic (exact) mass is 292 g/mol. The third-order valence-electron chi connectivity index (χ3n) is 3.75. The van der Waals surface area contributed by atoms with Gasteiger partial charge in [-0.15, -0.1) is 0 Å². The van der Waals surface area contributed by atoms with Gasteiger partial charge in [0, 0.05) is 31.4 Å². The van der Waals surface area contributed by atoms with E-state index in [0.29, 0.717) is 18.8 Å². The first-order valence-electron chi connectivity index (χ1n) is 6.93. The van der Waals surface area contributed by atoms with Gasteiger partial charge >= 0.3 is 5.97 Å². The lowest BCUT2D eigenvalue weighted by atomic mass is 10.1. The number of hydrogen-bond acceptors (Lipinski definition) is 4. The van der Waals surface area contributed by atoms with E-state index in [0.717, 1.165) is 18.8 Å². The Hall–Kier alpha value is -2.08. The van der Waals surface area contributed by atoms with Crippen LogP contribution in [-0.4, -0.2) is 61.3 Å². The van der Waals surface area contributed by atoms with Gasteiger partial charge in [0.25, 0.3) is 5.91 Å². The third-order valence-corrected chi connectivity index (χ3v) is 3.75. The van der Waals surface area contributed by atoms with Gasteiger partial charge in [-0.3, -0.25) is 4.79 Å². The number of nitrogens with zero attached hydrogens (tertiary/aromatic N) is 2. The topological polar surface area (TPSA) is 70.1 Å². The summed E-state index contributed by atoms with van der Waals surface area (Å²) in [4.78, 5) is 26.6. The molecule has 1 aromatic carbocycles. The Labute approximate surface area is 123 Å². The molecule has 1 heterocycles. The highest BCUT2D eigenvalue weighted by Crippen LogP contribution is 2.17. The Morgan fingerprint density at radius 3 is 2.33 bits per heavy atom. The fraction of sp³-hybridized carbons (Fsp3) is 0.467. The zero-order valence-corrected chi connectivity index (χ0v) is 12.3. The molecule has 1 amide bonds. The normalized spacial score (nSPS) is 16.4. The average Bonchev–Trinajstić information content (AvgIpc) is 2.53. The van der Waals surface area contributed by atoms with Gasteiger partial charge in [0.05, 0.1) is 13.2 Å². The quantitative estimate of drug-likeness (QED) is 0.899. The fourth-order valence-electron chi connectivity index (χ4n) is 2.18. The number of carbonyl (C=O) groups excluding carboxylic acids is 1. The van der Waals surface area contributed by atoms with Crippen LogP contribution in [0, 0.1) is 0 Å². The lowest BCUT2D eigenvalue weighted by Crippen LogP contribution is -2.40. The molecular formula is C15H20N2O4. The van der Waals surface area contributed by atoms with Gasteiger partial charge in [0.1, 0.15) is 6.04 Å². The zero-order chi connectivity index (χ0) is 15.4. The van der Waals surface area contributed by atoms with Crippen LogP contribution in [0.1, 0.15) is 17.3 Å². The van der Waals surface area contributed by atoms with E-state index in [-0.39, 0.29) is 5.91 Å². The van der Waals surface area contributed by atoms with E-state index in [9.17, 15) is 9.59 Å². The highest BCUT2D eigenvalue weighted by atomic mass is 16.5. The number of amides is 1. The van der Waals surface area contributed by atoms with Crippen molar-refractivity contribution in [3.8, 4) is 0 Å². The van der Waals surface area contributed by atoms with E-state index in [1.54, 1.807) is 12.1 Å². The third kappa shape index (κ3) is 3.52. The van der Waals surface area contributed by atoms with Crippen molar-refractivity contribution in [2.75, 3.05) is 38.3 Å². The van der Waals surface area contributed by atoms with E-state index in [2.05, 4.69) is 4.90 Å². The number of morpholine rings is 1. The highest BCUT2D eigenvalue weighted by molar-refractivity contribution is 5.96. The molecule has 0 aliphatic carbocycles. The summed E-state index contributed by atoms with van der Waals surface area (Å²) in [5.41, 5.74) is 1.53. The number of aliphatic carboxylic acids is 1. The van der Waals surface area contributed by atoms with Crippen molar-refractivity contribution >= 4 is 17.6 Å². The minimum absolute atomic E-state index is 0.293. The van der Waals surface area contributed by atoms with Gasteiger partial charge in [-0.05, 0) is 31.2 Å². The molecule has 1 N–H and O–H groups in total. The van der Waals surface area contributed by atoms with Crippen molar-refractivity contribution < 1.29 is 19.4 Å². The first kappa shape index (κ1) is 15.3. The Kier molecular flexibility index (Phi) is 4.80. The zero-order valence-electron chi connectivity index (χ0n) is 12.3. The maximum Gasteiger partial charge on any atom is 0.326 e. The molecule has 0 saturated carbocycles. The van der Waals surface area contributed by atoms with Crippen molar-refractivity contribution in [2.45, 2.75) is 13.0 Å². The van der Waals surface area contributed by atoms with Crippen LogP contribution in [0.4, 0.5) is 5.69 Å². The van der Waals surface area contributed by atoms with Crippen molar-refractivity contribution in [2.24, 2.45) is 0 Å². The molecule has 1 atom stereocenters. The van der Waals surface area contributed by atoms with Crippen LogP contribution in [0.15, 0.2) is 24.3 Å². The Morgan fingerprint density at radius 1 is 1.24 bits per heavy atom. The molecular weight excluding hydrogens is 272 g/mol. The van der Waals surface area contributed by atoms with Gasteiger partial charge in [-0.2, -0.15) is 0 Å². The molecule has 1 aromatic rings. The molecule has 1 saturated heterocycles. The molecule has 6 nitrogen and oxygen atoms in total. The second kappa shape index (κ2) is 6.58. The molecule has 0 spiro atoms. The molecule has 1 aliphatic rings. The minimum Gasteiger partial charge on any atom is -0.480 e. The number of likely N-dealkylation sites (N-methyl/N-ethyl adjacent to an activating group) is 1. The SMILES string of the molecule is CC(C(=O)O)N(C)C(=O)c1ccc(N2CCOCC2)cc1. The maximum absolute atomic E-state index is 12.2. The first-order valence-corrected chi connectivity index (χ1v) is 6.93. The number of carboxylic acids is 1. The van der Waals surface area contributed by atoms with Gasteiger partial charge in [0.2, 0.25) is 0 Å². The summed E-state index contributed by atoms with van der Waals surface area (Å²) in [7, 11) is 1.50. The second-order valence-corrected chi connectivity index (χ2v) is 5.08. The van der Waals surface area contributed by atoms with Crippen molar-refractivity contribution in [1.82, 2.24) is 4.90 Å². The first-order chi connectivity index (χ1) is 10.0. The van der Waals surface area contributed by atoms with E-state index in [4.69, 9.17) is 9.84 Å². The van der Waals surface area contributed by atoms with Crippen molar-refractivity contribution in [3.63, 3.8) is 0 Å². The molecule has 1 fully saturated rings. The number of hydrogen-bond donors (Lipinski definition) is 1. The molecule has 6 heteroatoms. The fourth-order valence-corrected chi connectivity index (χ4v) is 2.18. The van der Waals surface area contributed by atoms with Crippen LogP contribution in [-0.2, 0) is 9.53 Å². The number of ether oxygens (including phenoxy) is 1. The number of rotatable bonds is 4. The summed E-state index contributed by atoms with van der Waals surface area (Å²) in [6, 6.07) is 6.39. The predicted octanol–water partition coefficient (Wildman–Crippen LogP) is 1.07. The van der Waals surface area contributed by atoms with Crippen molar-refractivity contribution in [1.29, 1.82) is 0 Å². The van der Waals surface area contributed by atoms with Crippen LogP contribution in [0.5, 0.6) is 0 Å². The minimum atomic E-state index is -1.02. The molecule has 21 heavy (non-hydrogen) atoms. The summed E-state index contributed by atoms with van der Waals surface area (Å²) in [5.74, 6) is -1.31. The van der Waals surface area contributed by atoms with E-state index in [1.807, 2.05) is 12.1 Å². The predicted molar refractivity (Wildman–Crippen MR) is 78.7 cm³/mol. The van der Waals surface area contributed by atoms with Crippen molar-refractivity contribution in [3.05, 3.63) is 29.8 Å². The molecule has 114 valence electrons. The number of carbonyl (C=O) groups is 2. The number of benzene rings is 1. The number of carboxylic acid groups (broad SMARTS) is 1. The second-order valence-electron chi connectivity index (χ2n) is 5.08. The van der Waals surface area contributed by atoms with Gasteiger partial charge in [-0.1, -0.05) is 0 Å². The summed E-state index contributed by atoms with van der Waals surface area (Å²) >= 11 is 0. The highest BCUT2D eigenvalue weighted by Gasteiger charge is 2.22. The molecule has 1 aliphatic heterocycles. The van der Waals surface area contributed by atoms with E-state index >= 15 is 0 Å². The van der Waals surface area contributed by atoms with E-state index in [1.165, 1.54) is 18.9 Å². The Bertz CT molecular complexity index is 509. The van der Waals surface area contributed by atoms with Crippen LogP contribution in [0.2, 0.25) is 0 Å². The summed E-state index contributed by atoms with van der Waals surface area (Å²) in [6.45, 7) is 4.58. The molecule has 0 radical (unpaired) electrons. The van der Waals surface area contributed by atoms with Gasteiger partial charge in [0.15, 0.2) is 0 Å².